The lowest BCUT2D eigenvalue weighted by molar-refractivity contribution is 0.278. The predicted octanol–water partition coefficient (Wildman–Crippen LogP) is 1.35. The van der Waals surface area contributed by atoms with Crippen LogP contribution in [-0.2, 0) is 16.6 Å². The summed E-state index contributed by atoms with van der Waals surface area (Å²) >= 11 is 0. The van der Waals surface area contributed by atoms with Gasteiger partial charge in [0.1, 0.15) is 5.82 Å². The molecule has 1 rings (SSSR count). The smallest absolute Gasteiger partial charge is 0.244 e. The van der Waals surface area contributed by atoms with Gasteiger partial charge < -0.3 is 5.11 Å². The van der Waals surface area contributed by atoms with E-state index in [4.69, 9.17) is 11.5 Å². The van der Waals surface area contributed by atoms with Gasteiger partial charge in [0, 0.05) is 6.54 Å². The van der Waals surface area contributed by atoms with E-state index in [2.05, 4.69) is 5.92 Å². The molecule has 6 heteroatoms. The van der Waals surface area contributed by atoms with Crippen LogP contribution in [0.1, 0.15) is 18.9 Å². The molecule has 0 amide bonds. The van der Waals surface area contributed by atoms with Crippen LogP contribution in [0.3, 0.4) is 0 Å². The van der Waals surface area contributed by atoms with Gasteiger partial charge in [-0.2, -0.15) is 4.31 Å². The Hall–Kier alpha value is -1.42. The highest BCUT2D eigenvalue weighted by Crippen LogP contribution is 2.21. The Bertz CT molecular complexity index is 578. The van der Waals surface area contributed by atoms with E-state index in [1.807, 2.05) is 6.92 Å². The Morgan fingerprint density at radius 3 is 2.68 bits per heavy atom. The minimum Gasteiger partial charge on any atom is -0.392 e. The molecule has 1 aromatic rings. The summed E-state index contributed by atoms with van der Waals surface area (Å²) in [6.07, 6.45) is 5.74. The summed E-state index contributed by atoms with van der Waals surface area (Å²) in [5, 5.41) is 9.17. The molecule has 0 saturated heterocycles. The lowest BCUT2D eigenvalue weighted by Gasteiger charge is -2.20. The van der Waals surface area contributed by atoms with Crippen LogP contribution in [0.15, 0.2) is 23.1 Å². The molecule has 0 aliphatic heterocycles. The van der Waals surface area contributed by atoms with Gasteiger partial charge in [-0.05, 0) is 24.1 Å². The number of halogens is 1. The predicted molar refractivity (Wildman–Crippen MR) is 70.2 cm³/mol. The van der Waals surface area contributed by atoms with E-state index in [9.17, 15) is 12.8 Å². The van der Waals surface area contributed by atoms with Crippen molar-refractivity contribution in [3.05, 3.63) is 29.6 Å². The molecule has 0 aliphatic rings. The molecule has 0 spiro atoms. The van der Waals surface area contributed by atoms with Crippen LogP contribution in [0.4, 0.5) is 4.39 Å². The molecule has 0 aliphatic carbocycles. The summed E-state index contributed by atoms with van der Waals surface area (Å²) in [5.74, 6) is 1.60. The van der Waals surface area contributed by atoms with Gasteiger partial charge in [-0.1, -0.05) is 18.9 Å². The third-order valence-corrected chi connectivity index (χ3v) is 4.49. The zero-order valence-corrected chi connectivity index (χ0v) is 11.5. The first kappa shape index (κ1) is 15.6. The SMILES string of the molecule is C#CCN(CCC)S(=O)(=O)c1cc(F)ccc1CO. The van der Waals surface area contributed by atoms with Gasteiger partial charge in [-0.15, -0.1) is 6.42 Å². The van der Waals surface area contributed by atoms with Gasteiger partial charge in [0.2, 0.25) is 10.0 Å². The second kappa shape index (κ2) is 6.66. The molecule has 1 N–H and O–H groups in total. The summed E-state index contributed by atoms with van der Waals surface area (Å²) in [6.45, 7) is 1.49. The van der Waals surface area contributed by atoms with Gasteiger partial charge in [-0.25, -0.2) is 12.8 Å². The first-order valence-electron chi connectivity index (χ1n) is 5.80. The molecular formula is C13H16FNO3S. The van der Waals surface area contributed by atoms with Crippen molar-refractivity contribution in [1.29, 1.82) is 0 Å². The fourth-order valence-electron chi connectivity index (χ4n) is 1.67. The van der Waals surface area contributed by atoms with E-state index in [0.717, 1.165) is 16.4 Å². The number of aliphatic hydroxyl groups excluding tert-OH is 1. The number of terminal acetylenes is 1. The Labute approximate surface area is 112 Å². The summed E-state index contributed by atoms with van der Waals surface area (Å²) < 4.78 is 39.1. The van der Waals surface area contributed by atoms with Crippen LogP contribution in [-0.4, -0.2) is 30.9 Å². The second-order valence-corrected chi connectivity index (χ2v) is 5.86. The minimum absolute atomic E-state index is 0.0858. The van der Waals surface area contributed by atoms with E-state index in [1.54, 1.807) is 0 Å². The highest BCUT2D eigenvalue weighted by Gasteiger charge is 2.26. The van der Waals surface area contributed by atoms with Gasteiger partial charge in [-0.3, -0.25) is 0 Å². The van der Waals surface area contributed by atoms with Crippen molar-refractivity contribution in [2.24, 2.45) is 0 Å². The Morgan fingerprint density at radius 1 is 1.47 bits per heavy atom. The maximum Gasteiger partial charge on any atom is 0.244 e. The average molecular weight is 285 g/mol. The molecule has 4 nitrogen and oxygen atoms in total. The second-order valence-electron chi connectivity index (χ2n) is 3.95. The molecule has 104 valence electrons. The molecule has 0 saturated carbocycles. The Morgan fingerprint density at radius 2 is 2.16 bits per heavy atom. The number of sulfonamides is 1. The monoisotopic (exact) mass is 285 g/mol. The van der Waals surface area contributed by atoms with Crippen molar-refractivity contribution in [2.75, 3.05) is 13.1 Å². The number of nitrogens with zero attached hydrogens (tertiary/aromatic N) is 1. The normalized spacial score (nSPS) is 11.5. The number of rotatable bonds is 6. The van der Waals surface area contributed by atoms with Crippen molar-refractivity contribution in [2.45, 2.75) is 24.8 Å². The van der Waals surface area contributed by atoms with Crippen molar-refractivity contribution < 1.29 is 17.9 Å². The van der Waals surface area contributed by atoms with E-state index in [-0.39, 0.29) is 23.5 Å². The van der Waals surface area contributed by atoms with Gasteiger partial charge >= 0.3 is 0 Å². The van der Waals surface area contributed by atoms with Crippen LogP contribution >= 0.6 is 0 Å². The summed E-state index contributed by atoms with van der Waals surface area (Å²) in [5.41, 5.74) is 0.152. The van der Waals surface area contributed by atoms with Crippen molar-refractivity contribution in [1.82, 2.24) is 4.31 Å². The maximum absolute atomic E-state index is 13.2. The first-order chi connectivity index (χ1) is 8.97. The van der Waals surface area contributed by atoms with Crippen molar-refractivity contribution in [3.8, 4) is 12.3 Å². The molecule has 19 heavy (non-hydrogen) atoms. The highest BCUT2D eigenvalue weighted by atomic mass is 32.2. The number of aliphatic hydroxyl groups is 1. The van der Waals surface area contributed by atoms with E-state index >= 15 is 0 Å². The summed E-state index contributed by atoms with van der Waals surface area (Å²) in [6, 6.07) is 3.26. The Balaban J connectivity index is 3.32. The molecule has 0 heterocycles. The standard InChI is InChI=1S/C13H16FNO3S/c1-3-7-15(8-4-2)19(17,18)13-9-12(14)6-5-11(13)10-16/h1,5-6,9,16H,4,7-8,10H2,2H3. The molecule has 1 aromatic carbocycles. The molecular weight excluding hydrogens is 269 g/mol. The van der Waals surface area contributed by atoms with Gasteiger partial charge in [0.25, 0.3) is 0 Å². The molecule has 0 radical (unpaired) electrons. The highest BCUT2D eigenvalue weighted by molar-refractivity contribution is 7.89. The summed E-state index contributed by atoms with van der Waals surface area (Å²) in [4.78, 5) is -0.237. The van der Waals surface area contributed by atoms with Crippen molar-refractivity contribution in [3.63, 3.8) is 0 Å². The van der Waals surface area contributed by atoms with Gasteiger partial charge in [0.15, 0.2) is 0 Å². The number of benzene rings is 1. The molecule has 0 unspecified atom stereocenters. The topological polar surface area (TPSA) is 57.6 Å². The molecule has 0 aromatic heterocycles. The number of hydrogen-bond donors (Lipinski definition) is 1. The number of hydrogen-bond acceptors (Lipinski definition) is 3. The quantitative estimate of drug-likeness (QED) is 0.803. The third-order valence-electron chi connectivity index (χ3n) is 2.56. The van der Waals surface area contributed by atoms with Crippen LogP contribution < -0.4 is 0 Å². The fraction of sp³-hybridized carbons (Fsp3) is 0.385. The lowest BCUT2D eigenvalue weighted by atomic mass is 10.2. The lowest BCUT2D eigenvalue weighted by Crippen LogP contribution is -2.33. The zero-order valence-electron chi connectivity index (χ0n) is 10.6. The van der Waals surface area contributed by atoms with Crippen molar-refractivity contribution >= 4 is 10.0 Å². The first-order valence-corrected chi connectivity index (χ1v) is 7.24. The molecule has 0 fully saturated rings. The largest absolute Gasteiger partial charge is 0.392 e. The Kier molecular flexibility index (Phi) is 5.48. The fourth-order valence-corrected chi connectivity index (χ4v) is 3.34. The zero-order chi connectivity index (χ0) is 14.5. The third kappa shape index (κ3) is 3.53. The van der Waals surface area contributed by atoms with Crippen LogP contribution in [0, 0.1) is 18.2 Å². The van der Waals surface area contributed by atoms with E-state index in [0.29, 0.717) is 6.42 Å². The molecule has 0 bridgehead atoms. The molecule has 0 atom stereocenters. The maximum atomic E-state index is 13.2. The van der Waals surface area contributed by atoms with Crippen LogP contribution in [0.5, 0.6) is 0 Å². The van der Waals surface area contributed by atoms with Crippen LogP contribution in [0.2, 0.25) is 0 Å². The average Bonchev–Trinajstić information content (AvgIpc) is 2.38. The minimum atomic E-state index is -3.90. The van der Waals surface area contributed by atoms with Crippen LogP contribution in [0.25, 0.3) is 0 Å². The van der Waals surface area contributed by atoms with E-state index < -0.39 is 22.4 Å². The van der Waals surface area contributed by atoms with E-state index in [1.165, 1.54) is 6.07 Å². The van der Waals surface area contributed by atoms with Gasteiger partial charge in [0.05, 0.1) is 18.0 Å². The summed E-state index contributed by atoms with van der Waals surface area (Å²) in [7, 11) is -3.90.